The van der Waals surface area contributed by atoms with Crippen LogP contribution in [0.2, 0.25) is 5.02 Å². The predicted molar refractivity (Wildman–Crippen MR) is 136 cm³/mol. The van der Waals surface area contributed by atoms with Gasteiger partial charge in [0.15, 0.2) is 11.6 Å². The molecule has 2 aliphatic rings. The zero-order valence-electron chi connectivity index (χ0n) is 17.9. The maximum atomic E-state index is 14.7. The number of hydrogen-bond acceptors (Lipinski definition) is 4. The molecule has 2 fully saturated rings. The second kappa shape index (κ2) is 10.6. The Labute approximate surface area is 211 Å². The summed E-state index contributed by atoms with van der Waals surface area (Å²) >= 11 is 8.30. The fourth-order valence-electron chi connectivity index (χ4n) is 4.38. The number of rotatable bonds is 7. The van der Waals surface area contributed by atoms with E-state index in [9.17, 15) is 17.2 Å². The van der Waals surface area contributed by atoms with Gasteiger partial charge in [0.1, 0.15) is 5.69 Å². The summed E-state index contributed by atoms with van der Waals surface area (Å²) in [6, 6.07) is 7.95. The topological polar surface area (TPSA) is 73.5 Å². The quantitative estimate of drug-likeness (QED) is 0.356. The Kier molecular flexibility index (Phi) is 7.99. The number of piperidine rings is 1. The van der Waals surface area contributed by atoms with E-state index in [4.69, 9.17) is 11.6 Å². The maximum Gasteiger partial charge on any atom is 0.301 e. The summed E-state index contributed by atoms with van der Waals surface area (Å²) in [6.07, 6.45) is 6.25. The molecule has 1 saturated heterocycles. The van der Waals surface area contributed by atoms with Gasteiger partial charge in [0.05, 0.1) is 16.4 Å². The lowest BCUT2D eigenvalue weighted by atomic mass is 10.1. The van der Waals surface area contributed by atoms with E-state index < -0.39 is 21.8 Å². The van der Waals surface area contributed by atoms with Crippen LogP contribution in [0.25, 0.3) is 0 Å². The number of anilines is 3. The predicted octanol–water partition coefficient (Wildman–Crippen LogP) is 5.62. The highest BCUT2D eigenvalue weighted by Gasteiger charge is 2.30. The molecule has 1 heterocycles. The number of nitrogens with one attached hydrogen (secondary N) is 3. The third-order valence-electron chi connectivity index (χ3n) is 6.14. The molecule has 0 atom stereocenters. The minimum atomic E-state index is -3.96. The van der Waals surface area contributed by atoms with Gasteiger partial charge in [-0.2, -0.15) is 12.7 Å². The summed E-state index contributed by atoms with van der Waals surface area (Å²) in [6.45, 7) is 0.713. The van der Waals surface area contributed by atoms with Crippen molar-refractivity contribution in [3.05, 3.63) is 50.6 Å². The molecule has 0 radical (unpaired) electrons. The van der Waals surface area contributed by atoms with E-state index in [1.165, 1.54) is 36.1 Å². The average Bonchev–Trinajstić information content (AvgIpc) is 3.28. The van der Waals surface area contributed by atoms with Crippen LogP contribution in [0.1, 0.15) is 38.5 Å². The second-order valence-electron chi connectivity index (χ2n) is 8.46. The molecule has 1 saturated carbocycles. The van der Waals surface area contributed by atoms with Crippen LogP contribution >= 0.6 is 34.2 Å². The van der Waals surface area contributed by atoms with E-state index in [2.05, 4.69) is 37.9 Å². The fraction of sp³-hybridized carbons (Fsp3) is 0.455. The Bertz CT molecular complexity index is 1110. The molecular weight excluding hydrogens is 585 g/mol. The van der Waals surface area contributed by atoms with Gasteiger partial charge in [-0.25, -0.2) is 8.78 Å². The van der Waals surface area contributed by atoms with Crippen LogP contribution < -0.4 is 15.4 Å². The second-order valence-corrected chi connectivity index (χ2v) is 11.8. The third-order valence-corrected chi connectivity index (χ3v) is 8.65. The largest absolute Gasteiger partial charge is 0.350 e. The number of halogens is 4. The van der Waals surface area contributed by atoms with E-state index in [0.29, 0.717) is 48.7 Å². The van der Waals surface area contributed by atoms with Crippen molar-refractivity contribution in [3.8, 4) is 0 Å². The van der Waals surface area contributed by atoms with E-state index in [0.717, 1.165) is 9.64 Å². The number of benzene rings is 2. The molecule has 0 spiro atoms. The number of nitrogens with zero attached hydrogens (tertiary/aromatic N) is 1. The minimum absolute atomic E-state index is 0.0882. The highest BCUT2D eigenvalue weighted by Crippen LogP contribution is 2.35. The van der Waals surface area contributed by atoms with Gasteiger partial charge < -0.3 is 10.6 Å². The van der Waals surface area contributed by atoms with Crippen LogP contribution in [-0.2, 0) is 10.2 Å². The smallest absolute Gasteiger partial charge is 0.301 e. The maximum absolute atomic E-state index is 14.7. The molecule has 0 amide bonds. The summed E-state index contributed by atoms with van der Waals surface area (Å²) in [5.74, 6) is -2.29. The molecule has 4 rings (SSSR count). The van der Waals surface area contributed by atoms with Gasteiger partial charge >= 0.3 is 10.2 Å². The van der Waals surface area contributed by atoms with Crippen LogP contribution in [0.15, 0.2) is 30.3 Å². The summed E-state index contributed by atoms with van der Waals surface area (Å²) in [7, 11) is -3.96. The molecule has 3 N–H and O–H groups in total. The molecule has 33 heavy (non-hydrogen) atoms. The van der Waals surface area contributed by atoms with E-state index >= 15 is 0 Å². The molecular formula is C22H26ClF2IN4O2S. The zero-order chi connectivity index (χ0) is 23.6. The Balaban J connectivity index is 1.48. The Morgan fingerprint density at radius 3 is 2.27 bits per heavy atom. The molecule has 1 aliphatic carbocycles. The van der Waals surface area contributed by atoms with Crippen LogP contribution in [0.4, 0.5) is 25.8 Å². The van der Waals surface area contributed by atoms with Gasteiger partial charge in [0.25, 0.3) is 0 Å². The van der Waals surface area contributed by atoms with E-state index in [1.807, 2.05) is 0 Å². The molecule has 6 nitrogen and oxygen atoms in total. The van der Waals surface area contributed by atoms with Crippen molar-refractivity contribution in [2.45, 2.75) is 50.6 Å². The van der Waals surface area contributed by atoms with E-state index in [-0.39, 0.29) is 11.4 Å². The summed E-state index contributed by atoms with van der Waals surface area (Å²) in [5.41, 5.74) is -0.0741. The lowest BCUT2D eigenvalue weighted by molar-refractivity contribution is 0.274. The van der Waals surface area contributed by atoms with Crippen molar-refractivity contribution in [2.75, 3.05) is 23.1 Å². The van der Waals surface area contributed by atoms with Crippen LogP contribution in [0, 0.1) is 15.2 Å². The van der Waals surface area contributed by atoms with Crippen molar-refractivity contribution < 1.29 is 17.2 Å². The zero-order valence-corrected chi connectivity index (χ0v) is 21.6. The lowest BCUT2D eigenvalue weighted by Crippen LogP contribution is -2.48. The van der Waals surface area contributed by atoms with Crippen LogP contribution in [0.3, 0.4) is 0 Å². The molecule has 11 heteroatoms. The van der Waals surface area contributed by atoms with Crippen molar-refractivity contribution in [2.24, 2.45) is 0 Å². The lowest BCUT2D eigenvalue weighted by Gasteiger charge is -2.33. The standard InChI is InChI=1S/C22H26ClF2IN4O2S/c23-17-13-14(26)5-7-19(17)28-22-20(8-6-18(24)21(22)25)29-33(31,32)30-11-9-16(10-12-30)27-15-3-1-2-4-15/h5-8,13,15-16,27-29H,1-4,9-12H2. The Morgan fingerprint density at radius 1 is 0.970 bits per heavy atom. The average molecular weight is 611 g/mol. The molecule has 1 aliphatic heterocycles. The molecule has 2 aromatic carbocycles. The first kappa shape index (κ1) is 24.9. The molecule has 0 aromatic heterocycles. The summed E-state index contributed by atoms with van der Waals surface area (Å²) in [4.78, 5) is 0. The summed E-state index contributed by atoms with van der Waals surface area (Å²) < 4.78 is 59.4. The van der Waals surface area contributed by atoms with Crippen molar-refractivity contribution in [3.63, 3.8) is 0 Å². The first-order valence-electron chi connectivity index (χ1n) is 11.0. The van der Waals surface area contributed by atoms with Gasteiger partial charge in [0.2, 0.25) is 0 Å². The Hall–Kier alpha value is -1.21. The van der Waals surface area contributed by atoms with Crippen molar-refractivity contribution in [1.82, 2.24) is 9.62 Å². The normalized spacial score (nSPS) is 18.5. The molecule has 0 unspecified atom stereocenters. The third kappa shape index (κ3) is 6.08. The SMILES string of the molecule is O=S(=O)(Nc1ccc(F)c(F)c1Nc1ccc(I)cc1Cl)N1CCC(NC2CCCC2)CC1. The molecule has 2 aromatic rings. The monoisotopic (exact) mass is 610 g/mol. The summed E-state index contributed by atoms with van der Waals surface area (Å²) in [5, 5.41) is 6.69. The van der Waals surface area contributed by atoms with Crippen molar-refractivity contribution in [1.29, 1.82) is 0 Å². The highest BCUT2D eigenvalue weighted by atomic mass is 127. The van der Waals surface area contributed by atoms with Gasteiger partial charge in [-0.15, -0.1) is 0 Å². The Morgan fingerprint density at radius 2 is 1.61 bits per heavy atom. The van der Waals surface area contributed by atoms with Crippen LogP contribution in [0.5, 0.6) is 0 Å². The van der Waals surface area contributed by atoms with Gasteiger partial charge in [0, 0.05) is 28.7 Å². The van der Waals surface area contributed by atoms with Gasteiger partial charge in [-0.1, -0.05) is 24.4 Å². The molecule has 0 bridgehead atoms. The highest BCUT2D eigenvalue weighted by molar-refractivity contribution is 14.1. The number of hydrogen-bond donors (Lipinski definition) is 3. The first-order chi connectivity index (χ1) is 15.7. The minimum Gasteiger partial charge on any atom is -0.350 e. The van der Waals surface area contributed by atoms with Gasteiger partial charge in [-0.05, 0) is 78.6 Å². The first-order valence-corrected chi connectivity index (χ1v) is 13.9. The van der Waals surface area contributed by atoms with Crippen LogP contribution in [-0.4, -0.2) is 37.9 Å². The molecule has 180 valence electrons. The van der Waals surface area contributed by atoms with E-state index in [1.54, 1.807) is 18.2 Å². The van der Waals surface area contributed by atoms with Gasteiger partial charge in [-0.3, -0.25) is 4.72 Å². The fourth-order valence-corrected chi connectivity index (χ4v) is 6.55. The van der Waals surface area contributed by atoms with Crippen molar-refractivity contribution >= 4 is 61.5 Å².